The van der Waals surface area contributed by atoms with Gasteiger partial charge < -0.3 is 34.6 Å². The Morgan fingerprint density at radius 3 is 2.57 bits per heavy atom. The first-order chi connectivity index (χ1) is 20.6. The molecule has 3 heterocycles. The molecule has 1 saturated heterocycles. The summed E-state index contributed by atoms with van der Waals surface area (Å²) >= 11 is 0. The van der Waals surface area contributed by atoms with Crippen molar-refractivity contribution in [3.05, 3.63) is 41.6 Å². The Morgan fingerprint density at radius 1 is 0.976 bits per heavy atom. The minimum Gasteiger partial charge on any atom is -0.496 e. The van der Waals surface area contributed by atoms with Crippen LogP contribution in [0.4, 0.5) is 11.8 Å². The number of hydrogen-bond acceptors (Lipinski definition) is 11. The molecular formula is C30H48N8O4. The molecule has 3 aromatic rings. The van der Waals surface area contributed by atoms with Crippen molar-refractivity contribution in [3.8, 4) is 5.75 Å². The summed E-state index contributed by atoms with van der Waals surface area (Å²) < 4.78 is 25.0. The van der Waals surface area contributed by atoms with Gasteiger partial charge in [0, 0.05) is 44.5 Å². The molecular weight excluding hydrogens is 536 g/mol. The number of rotatable bonds is 21. The van der Waals surface area contributed by atoms with Gasteiger partial charge in [-0.05, 0) is 31.2 Å². The summed E-state index contributed by atoms with van der Waals surface area (Å²) in [6.45, 7) is 10.2. The number of ether oxygens (including phenoxy) is 4. The van der Waals surface area contributed by atoms with Crippen LogP contribution in [0.3, 0.4) is 0 Å². The SMILES string of the molecule is CCCCCNc1nc(N)nc2ccn(Cc3ccc(CN4CC(OCCOCCOCCNNC)C4)cc3OC)c12. The van der Waals surface area contributed by atoms with Crippen LogP contribution in [0.25, 0.3) is 11.0 Å². The highest BCUT2D eigenvalue weighted by atomic mass is 16.5. The molecule has 0 amide bonds. The van der Waals surface area contributed by atoms with E-state index in [0.717, 1.165) is 67.3 Å². The van der Waals surface area contributed by atoms with Crippen molar-refractivity contribution in [2.45, 2.75) is 45.4 Å². The molecule has 0 saturated carbocycles. The molecule has 5 N–H and O–H groups in total. The number of benzene rings is 1. The number of nitrogens with one attached hydrogen (secondary N) is 3. The first-order valence-corrected chi connectivity index (χ1v) is 15.0. The van der Waals surface area contributed by atoms with E-state index in [-0.39, 0.29) is 12.1 Å². The number of hydrazine groups is 1. The Hall–Kier alpha value is -3.00. The molecule has 232 valence electrons. The van der Waals surface area contributed by atoms with Gasteiger partial charge in [0.05, 0.1) is 58.3 Å². The number of anilines is 2. The number of aromatic nitrogens is 3. The third kappa shape index (κ3) is 9.51. The van der Waals surface area contributed by atoms with Gasteiger partial charge in [0.15, 0.2) is 5.82 Å². The van der Waals surface area contributed by atoms with Crippen LogP contribution in [0.1, 0.15) is 37.3 Å². The standard InChI is InChI=1S/C30H48N8O4/c1-4-5-6-10-33-29-28-26(35-30(31)36-29)9-12-38(28)20-24-8-7-23(18-27(24)39-3)19-37-21-25(22-37)42-17-16-41-15-14-40-13-11-34-32-2/h7-9,12,18,25,32,34H,4-6,10-11,13-17,19-22H2,1-3H3,(H3,31,33,35,36). The molecule has 0 bridgehead atoms. The molecule has 12 heteroatoms. The molecule has 0 unspecified atom stereocenters. The Balaban J connectivity index is 1.22. The number of nitrogens with zero attached hydrogens (tertiary/aromatic N) is 4. The number of methoxy groups -OCH3 is 1. The van der Waals surface area contributed by atoms with Crippen molar-refractivity contribution in [2.24, 2.45) is 0 Å². The predicted molar refractivity (Wildman–Crippen MR) is 166 cm³/mol. The highest BCUT2D eigenvalue weighted by molar-refractivity contribution is 5.87. The van der Waals surface area contributed by atoms with Gasteiger partial charge in [-0.25, -0.2) is 4.98 Å². The maximum absolute atomic E-state index is 5.99. The quantitative estimate of drug-likeness (QED) is 0.109. The average molecular weight is 585 g/mol. The third-order valence-corrected chi connectivity index (χ3v) is 7.22. The van der Waals surface area contributed by atoms with Crippen LogP contribution in [0.15, 0.2) is 30.5 Å². The van der Waals surface area contributed by atoms with Crippen LogP contribution in [0.5, 0.6) is 5.75 Å². The van der Waals surface area contributed by atoms with Crippen LogP contribution in [-0.4, -0.2) is 98.9 Å². The van der Waals surface area contributed by atoms with Crippen LogP contribution < -0.4 is 26.6 Å². The van der Waals surface area contributed by atoms with E-state index in [1.54, 1.807) is 7.11 Å². The van der Waals surface area contributed by atoms with E-state index in [4.69, 9.17) is 24.7 Å². The minimum atomic E-state index is 0.252. The number of nitrogens with two attached hydrogens (primary N) is 1. The lowest BCUT2D eigenvalue weighted by atomic mass is 10.1. The van der Waals surface area contributed by atoms with Crippen molar-refractivity contribution >= 4 is 22.8 Å². The van der Waals surface area contributed by atoms with E-state index < -0.39 is 0 Å². The fraction of sp³-hybridized carbons (Fsp3) is 0.600. The lowest BCUT2D eigenvalue weighted by molar-refractivity contribution is -0.0764. The van der Waals surface area contributed by atoms with Gasteiger partial charge in [-0.2, -0.15) is 4.98 Å². The maximum atomic E-state index is 5.99. The zero-order valence-corrected chi connectivity index (χ0v) is 25.4. The summed E-state index contributed by atoms with van der Waals surface area (Å²) in [6.07, 6.45) is 5.72. The molecule has 1 aromatic carbocycles. The minimum absolute atomic E-state index is 0.252. The zero-order chi connectivity index (χ0) is 29.6. The molecule has 0 aliphatic carbocycles. The second kappa shape index (κ2) is 17.2. The molecule has 1 aliphatic heterocycles. The normalized spacial score (nSPS) is 14.0. The summed E-state index contributed by atoms with van der Waals surface area (Å²) in [5.74, 6) is 1.93. The van der Waals surface area contributed by atoms with Crippen LogP contribution in [-0.2, 0) is 27.3 Å². The van der Waals surface area contributed by atoms with Gasteiger partial charge in [-0.15, -0.1) is 0 Å². The van der Waals surface area contributed by atoms with Gasteiger partial charge >= 0.3 is 0 Å². The molecule has 0 atom stereocenters. The summed E-state index contributed by atoms with van der Waals surface area (Å²) in [5.41, 5.74) is 15.9. The van der Waals surface area contributed by atoms with Crippen molar-refractivity contribution in [1.82, 2.24) is 30.3 Å². The van der Waals surface area contributed by atoms with Crippen molar-refractivity contribution < 1.29 is 18.9 Å². The monoisotopic (exact) mass is 584 g/mol. The summed E-state index contributed by atoms with van der Waals surface area (Å²) in [7, 11) is 3.56. The summed E-state index contributed by atoms with van der Waals surface area (Å²) in [4.78, 5) is 11.3. The fourth-order valence-corrected chi connectivity index (χ4v) is 5.02. The topological polar surface area (TPSA) is 133 Å². The van der Waals surface area contributed by atoms with Crippen molar-refractivity contribution in [1.29, 1.82) is 0 Å². The predicted octanol–water partition coefficient (Wildman–Crippen LogP) is 2.63. The third-order valence-electron chi connectivity index (χ3n) is 7.22. The summed E-state index contributed by atoms with van der Waals surface area (Å²) in [5, 5.41) is 3.47. The molecule has 2 aromatic heterocycles. The smallest absolute Gasteiger partial charge is 0.222 e. The lowest BCUT2D eigenvalue weighted by Crippen LogP contribution is -2.51. The van der Waals surface area contributed by atoms with E-state index in [0.29, 0.717) is 39.6 Å². The summed E-state index contributed by atoms with van der Waals surface area (Å²) in [6, 6.07) is 8.46. The highest BCUT2D eigenvalue weighted by Gasteiger charge is 2.27. The fourth-order valence-electron chi connectivity index (χ4n) is 5.02. The van der Waals surface area contributed by atoms with Crippen LogP contribution in [0.2, 0.25) is 0 Å². The lowest BCUT2D eigenvalue weighted by Gasteiger charge is -2.39. The van der Waals surface area contributed by atoms with Gasteiger partial charge in [-0.1, -0.05) is 31.9 Å². The maximum Gasteiger partial charge on any atom is 0.222 e. The Kier molecular flexibility index (Phi) is 13.1. The zero-order valence-electron chi connectivity index (χ0n) is 25.4. The van der Waals surface area contributed by atoms with Crippen molar-refractivity contribution in [2.75, 3.05) is 84.4 Å². The van der Waals surface area contributed by atoms with Gasteiger partial charge in [-0.3, -0.25) is 15.8 Å². The average Bonchev–Trinajstić information content (AvgIpc) is 3.37. The van der Waals surface area contributed by atoms with E-state index >= 15 is 0 Å². The molecule has 4 rings (SSSR count). The largest absolute Gasteiger partial charge is 0.496 e. The van der Waals surface area contributed by atoms with Crippen molar-refractivity contribution in [3.63, 3.8) is 0 Å². The molecule has 1 fully saturated rings. The van der Waals surface area contributed by atoms with E-state index in [1.807, 2.05) is 19.3 Å². The molecule has 0 spiro atoms. The molecule has 42 heavy (non-hydrogen) atoms. The Labute approximate surface area is 249 Å². The van der Waals surface area contributed by atoms with Gasteiger partial charge in [0.25, 0.3) is 0 Å². The Morgan fingerprint density at radius 2 is 1.79 bits per heavy atom. The van der Waals surface area contributed by atoms with Crippen LogP contribution in [0, 0.1) is 0 Å². The molecule has 12 nitrogen and oxygen atoms in total. The van der Waals surface area contributed by atoms with Crippen LogP contribution >= 0.6 is 0 Å². The number of hydrogen-bond donors (Lipinski definition) is 4. The van der Waals surface area contributed by atoms with E-state index in [1.165, 1.54) is 18.4 Å². The highest BCUT2D eigenvalue weighted by Crippen LogP contribution is 2.28. The van der Waals surface area contributed by atoms with Gasteiger partial charge in [0.2, 0.25) is 5.95 Å². The second-order valence-electron chi connectivity index (χ2n) is 10.5. The number of fused-ring (bicyclic) bond motifs is 1. The number of unbranched alkanes of at least 4 members (excludes halogenated alkanes) is 2. The first kappa shape index (κ1) is 31.9. The van der Waals surface area contributed by atoms with E-state index in [9.17, 15) is 0 Å². The number of nitrogen functional groups attached to an aromatic ring is 1. The first-order valence-electron chi connectivity index (χ1n) is 15.0. The Bertz CT molecular complexity index is 1220. The second-order valence-corrected chi connectivity index (χ2v) is 10.5. The van der Waals surface area contributed by atoms with Gasteiger partial charge in [0.1, 0.15) is 11.3 Å². The molecule has 1 aliphatic rings. The van der Waals surface area contributed by atoms with E-state index in [2.05, 4.69) is 60.7 Å². The molecule has 0 radical (unpaired) electrons. The number of likely N-dealkylation sites (tertiary alicyclic amines) is 1.